The van der Waals surface area contributed by atoms with Crippen LogP contribution in [0.25, 0.3) is 17.2 Å². The summed E-state index contributed by atoms with van der Waals surface area (Å²) in [6.07, 6.45) is 1.50. The summed E-state index contributed by atoms with van der Waals surface area (Å²) in [5.41, 5.74) is 2.78. The Morgan fingerprint density at radius 1 is 0.816 bits per heavy atom. The topological polar surface area (TPSA) is 95.9 Å². The van der Waals surface area contributed by atoms with Crippen LogP contribution < -0.4 is 15.0 Å². The van der Waals surface area contributed by atoms with Crippen molar-refractivity contribution in [3.8, 4) is 22.6 Å². The smallest absolute Gasteiger partial charge is 0.335 e. The predicted octanol–water partition coefficient (Wildman–Crippen LogP) is 5.68. The van der Waals surface area contributed by atoms with Gasteiger partial charge < -0.3 is 9.84 Å². The fraction of sp³-hybridized carbons (Fsp3) is 0. The fourth-order valence-electron chi connectivity index (χ4n) is 3.95. The van der Waals surface area contributed by atoms with Crippen molar-refractivity contribution in [3.05, 3.63) is 120 Å². The maximum absolute atomic E-state index is 13.3. The van der Waals surface area contributed by atoms with Crippen LogP contribution in [-0.2, 0) is 9.59 Å². The van der Waals surface area contributed by atoms with E-state index in [2.05, 4.69) is 5.32 Å². The van der Waals surface area contributed by atoms with Crippen LogP contribution in [-0.4, -0.2) is 28.0 Å². The molecule has 1 aliphatic rings. The molecule has 38 heavy (non-hydrogen) atoms. The lowest BCUT2D eigenvalue weighted by Crippen LogP contribution is -2.54. The van der Waals surface area contributed by atoms with Gasteiger partial charge in [0.25, 0.3) is 11.8 Å². The largest absolute Gasteiger partial charge is 0.478 e. The van der Waals surface area contributed by atoms with Crippen LogP contribution in [0.2, 0.25) is 0 Å². The Morgan fingerprint density at radius 3 is 2.18 bits per heavy atom. The van der Waals surface area contributed by atoms with Crippen LogP contribution in [0.1, 0.15) is 15.9 Å². The Balaban J connectivity index is 1.37. The van der Waals surface area contributed by atoms with Crippen LogP contribution in [0, 0.1) is 0 Å². The van der Waals surface area contributed by atoms with Gasteiger partial charge in [0.15, 0.2) is 5.11 Å². The zero-order valence-corrected chi connectivity index (χ0v) is 20.6. The molecule has 0 radical (unpaired) electrons. The van der Waals surface area contributed by atoms with Crippen molar-refractivity contribution in [1.29, 1.82) is 0 Å². The number of nitrogens with one attached hydrogen (secondary N) is 1. The molecule has 0 spiro atoms. The van der Waals surface area contributed by atoms with Crippen LogP contribution in [0.4, 0.5) is 5.69 Å². The van der Waals surface area contributed by atoms with Gasteiger partial charge in [0.1, 0.15) is 17.1 Å². The molecule has 1 heterocycles. The van der Waals surface area contributed by atoms with Gasteiger partial charge in [-0.25, -0.2) is 4.79 Å². The molecule has 7 nitrogen and oxygen atoms in total. The van der Waals surface area contributed by atoms with Crippen molar-refractivity contribution in [2.45, 2.75) is 0 Å². The maximum Gasteiger partial charge on any atom is 0.335 e. The van der Waals surface area contributed by atoms with E-state index in [0.29, 0.717) is 22.7 Å². The first-order valence-corrected chi connectivity index (χ1v) is 12.0. The zero-order chi connectivity index (χ0) is 26.6. The van der Waals surface area contributed by atoms with Crippen molar-refractivity contribution in [1.82, 2.24) is 5.32 Å². The number of benzene rings is 4. The highest BCUT2D eigenvalue weighted by Gasteiger charge is 2.34. The number of thiocarbonyl (C=S) groups is 1. The molecule has 186 valence electrons. The molecule has 0 atom stereocenters. The average Bonchev–Trinajstić information content (AvgIpc) is 2.93. The van der Waals surface area contributed by atoms with Crippen LogP contribution >= 0.6 is 12.2 Å². The quantitative estimate of drug-likeness (QED) is 0.193. The molecule has 1 aliphatic heterocycles. The lowest BCUT2D eigenvalue weighted by atomic mass is 10.0. The Kier molecular flexibility index (Phi) is 6.80. The number of ether oxygens (including phenoxy) is 1. The Bertz CT molecular complexity index is 1580. The molecule has 4 aromatic carbocycles. The molecule has 0 aliphatic carbocycles. The van der Waals surface area contributed by atoms with Gasteiger partial charge >= 0.3 is 5.97 Å². The standard InChI is InChI=1S/C30H20N2O5S/c33-27-26(17-19-9-11-20(12-10-19)21-5-4-6-22(18-21)29(35)36)28(34)32(30(38)31-27)23-13-15-25(16-14-23)37-24-7-2-1-3-8-24/h1-18H,(H,35,36)(H,31,33,38)/b26-17+. The number of nitrogens with zero attached hydrogens (tertiary/aromatic N) is 1. The number of anilines is 1. The summed E-state index contributed by atoms with van der Waals surface area (Å²) in [6.45, 7) is 0. The third-order valence-corrected chi connectivity index (χ3v) is 6.12. The highest BCUT2D eigenvalue weighted by Crippen LogP contribution is 2.28. The minimum atomic E-state index is -1.00. The summed E-state index contributed by atoms with van der Waals surface area (Å²) in [5, 5.41) is 11.8. The summed E-state index contributed by atoms with van der Waals surface area (Å²) >= 11 is 5.29. The van der Waals surface area contributed by atoms with Gasteiger partial charge in [0.2, 0.25) is 0 Å². The molecular formula is C30H20N2O5S. The normalized spacial score (nSPS) is 14.4. The summed E-state index contributed by atoms with van der Waals surface area (Å²) < 4.78 is 5.80. The molecule has 5 rings (SSSR count). The predicted molar refractivity (Wildman–Crippen MR) is 148 cm³/mol. The van der Waals surface area contributed by atoms with Gasteiger partial charge in [-0.15, -0.1) is 0 Å². The number of carboxylic acid groups (broad SMARTS) is 1. The van der Waals surface area contributed by atoms with Gasteiger partial charge in [-0.2, -0.15) is 0 Å². The van der Waals surface area contributed by atoms with Gasteiger partial charge in [-0.3, -0.25) is 19.8 Å². The first kappa shape index (κ1) is 24.6. The first-order chi connectivity index (χ1) is 18.4. The summed E-state index contributed by atoms with van der Waals surface area (Å²) in [6, 6.07) is 29.8. The fourth-order valence-corrected chi connectivity index (χ4v) is 4.23. The number of carbonyl (C=O) groups excluding carboxylic acids is 2. The van der Waals surface area contributed by atoms with Crippen molar-refractivity contribution >= 4 is 46.9 Å². The van der Waals surface area contributed by atoms with E-state index in [4.69, 9.17) is 17.0 Å². The minimum Gasteiger partial charge on any atom is -0.478 e. The number of rotatable bonds is 6. The lowest BCUT2D eigenvalue weighted by Gasteiger charge is -2.29. The Morgan fingerprint density at radius 2 is 1.50 bits per heavy atom. The molecule has 0 bridgehead atoms. The Hall–Kier alpha value is -5.08. The SMILES string of the molecule is O=C1NC(=S)N(c2ccc(Oc3ccccc3)cc2)C(=O)/C1=C/c1ccc(-c2cccc(C(=O)O)c2)cc1. The molecule has 8 heteroatoms. The first-order valence-electron chi connectivity index (χ1n) is 11.6. The van der Waals surface area contributed by atoms with Crippen LogP contribution in [0.3, 0.4) is 0 Å². The minimum absolute atomic E-state index is 0.0115. The summed E-state index contributed by atoms with van der Waals surface area (Å²) in [4.78, 5) is 38.5. The lowest BCUT2D eigenvalue weighted by molar-refractivity contribution is -0.122. The van der Waals surface area contributed by atoms with E-state index in [-0.39, 0.29) is 16.2 Å². The molecular weight excluding hydrogens is 500 g/mol. The molecule has 2 N–H and O–H groups in total. The van der Waals surface area contributed by atoms with Crippen LogP contribution in [0.5, 0.6) is 11.5 Å². The van der Waals surface area contributed by atoms with E-state index in [9.17, 15) is 19.5 Å². The van der Waals surface area contributed by atoms with E-state index in [1.54, 1.807) is 60.7 Å². The summed E-state index contributed by atoms with van der Waals surface area (Å²) in [7, 11) is 0. The summed E-state index contributed by atoms with van der Waals surface area (Å²) in [5.74, 6) is -0.866. The van der Waals surface area contributed by atoms with Crippen molar-refractivity contribution < 1.29 is 24.2 Å². The van der Waals surface area contributed by atoms with E-state index in [0.717, 1.165) is 11.1 Å². The maximum atomic E-state index is 13.3. The van der Waals surface area contributed by atoms with E-state index in [1.807, 2.05) is 36.4 Å². The van der Waals surface area contributed by atoms with Gasteiger partial charge in [-0.1, -0.05) is 54.6 Å². The molecule has 4 aromatic rings. The van der Waals surface area contributed by atoms with Gasteiger partial charge in [0.05, 0.1) is 11.3 Å². The zero-order valence-electron chi connectivity index (χ0n) is 19.8. The van der Waals surface area contributed by atoms with E-state index < -0.39 is 17.8 Å². The van der Waals surface area contributed by atoms with Crippen molar-refractivity contribution in [2.24, 2.45) is 0 Å². The van der Waals surface area contributed by atoms with Gasteiger partial charge in [-0.05, 0) is 83.5 Å². The second kappa shape index (κ2) is 10.5. The average molecular weight is 521 g/mol. The molecule has 2 amide bonds. The Labute approximate surface area is 223 Å². The number of para-hydroxylation sites is 1. The van der Waals surface area contributed by atoms with Crippen LogP contribution in [0.15, 0.2) is 109 Å². The number of aromatic carboxylic acids is 1. The number of carboxylic acids is 1. The molecule has 0 saturated carbocycles. The van der Waals surface area contributed by atoms with E-state index in [1.165, 1.54) is 17.0 Å². The highest BCUT2D eigenvalue weighted by molar-refractivity contribution is 7.80. The number of amides is 2. The van der Waals surface area contributed by atoms with Crippen molar-refractivity contribution in [2.75, 3.05) is 4.90 Å². The second-order valence-electron chi connectivity index (χ2n) is 8.37. The molecule has 1 saturated heterocycles. The number of hydrogen-bond donors (Lipinski definition) is 2. The molecule has 1 fully saturated rings. The van der Waals surface area contributed by atoms with E-state index >= 15 is 0 Å². The van der Waals surface area contributed by atoms with Crippen molar-refractivity contribution in [3.63, 3.8) is 0 Å². The number of hydrogen-bond acceptors (Lipinski definition) is 5. The van der Waals surface area contributed by atoms with Gasteiger partial charge in [0, 0.05) is 0 Å². The third-order valence-electron chi connectivity index (χ3n) is 5.84. The third kappa shape index (κ3) is 5.21. The monoisotopic (exact) mass is 520 g/mol. The highest BCUT2D eigenvalue weighted by atomic mass is 32.1. The number of carbonyl (C=O) groups is 3. The second-order valence-corrected chi connectivity index (χ2v) is 8.76. The molecule has 0 unspecified atom stereocenters. The molecule has 0 aromatic heterocycles.